The number of carbonyl (C=O) groups excluding carboxylic acids is 1. The molecule has 216 valence electrons. The highest BCUT2D eigenvalue weighted by molar-refractivity contribution is 5.93. The van der Waals surface area contributed by atoms with E-state index in [1.165, 1.54) is 51.7 Å². The second kappa shape index (κ2) is 12.8. The van der Waals surface area contributed by atoms with Crippen LogP contribution in [0.15, 0.2) is 72.8 Å². The Hall–Kier alpha value is -3.08. The zero-order valence-electron chi connectivity index (χ0n) is 24.8. The lowest BCUT2D eigenvalue weighted by Crippen LogP contribution is -2.39. The van der Waals surface area contributed by atoms with Crippen molar-refractivity contribution < 1.29 is 4.79 Å². The summed E-state index contributed by atoms with van der Waals surface area (Å²) in [5.41, 5.74) is 9.35. The summed E-state index contributed by atoms with van der Waals surface area (Å²) in [5.74, 6) is 1.59. The highest BCUT2D eigenvalue weighted by Gasteiger charge is 2.28. The van der Waals surface area contributed by atoms with Crippen molar-refractivity contribution in [3.8, 4) is 11.3 Å². The van der Waals surface area contributed by atoms with Gasteiger partial charge in [0.05, 0.1) is 5.69 Å². The van der Waals surface area contributed by atoms with Crippen LogP contribution >= 0.6 is 12.4 Å². The molecule has 0 atom stereocenters. The van der Waals surface area contributed by atoms with Gasteiger partial charge in [-0.2, -0.15) is 0 Å². The zero-order valence-corrected chi connectivity index (χ0v) is 25.6. The number of hydrogen-bond donors (Lipinski definition) is 0. The van der Waals surface area contributed by atoms with E-state index < -0.39 is 0 Å². The summed E-state index contributed by atoms with van der Waals surface area (Å²) in [6, 6.07) is 26.1. The first-order valence-electron chi connectivity index (χ1n) is 15.2. The Balaban J connectivity index is 0.00000337. The molecule has 0 aliphatic carbocycles. The number of rotatable bonds is 6. The predicted octanol–water partition coefficient (Wildman–Crippen LogP) is 7.99. The number of para-hydroxylation sites is 1. The van der Waals surface area contributed by atoms with Crippen molar-refractivity contribution in [3.05, 3.63) is 95.1 Å². The van der Waals surface area contributed by atoms with Gasteiger partial charge < -0.3 is 9.47 Å². The monoisotopic (exact) mass is 569 g/mol. The lowest BCUT2D eigenvalue weighted by Gasteiger charge is -2.34. The maximum absolute atomic E-state index is 13.6. The molecular formula is C36H44ClN3O. The van der Waals surface area contributed by atoms with Crippen LogP contribution in [0.25, 0.3) is 22.2 Å². The molecule has 1 aromatic heterocycles. The van der Waals surface area contributed by atoms with E-state index in [9.17, 15) is 4.79 Å². The number of halogens is 1. The van der Waals surface area contributed by atoms with E-state index in [0.717, 1.165) is 45.6 Å². The van der Waals surface area contributed by atoms with Gasteiger partial charge in [-0.15, -0.1) is 12.4 Å². The van der Waals surface area contributed by atoms with Crippen molar-refractivity contribution in [2.24, 2.45) is 5.92 Å². The molecule has 2 aliphatic heterocycles. The number of likely N-dealkylation sites (tertiary alicyclic amines) is 2. The number of hydrogen-bond acceptors (Lipinski definition) is 2. The Kier molecular flexibility index (Phi) is 9.21. The van der Waals surface area contributed by atoms with E-state index in [2.05, 4.69) is 108 Å². The molecule has 1 amide bonds. The van der Waals surface area contributed by atoms with Crippen LogP contribution in [-0.2, 0) is 17.9 Å². The Bertz CT molecular complexity index is 1460. The van der Waals surface area contributed by atoms with Crippen molar-refractivity contribution in [1.29, 1.82) is 0 Å². The van der Waals surface area contributed by atoms with Crippen LogP contribution in [0, 0.1) is 19.8 Å². The molecule has 0 radical (unpaired) electrons. The summed E-state index contributed by atoms with van der Waals surface area (Å²) >= 11 is 0. The Morgan fingerprint density at radius 1 is 0.780 bits per heavy atom. The van der Waals surface area contributed by atoms with Gasteiger partial charge in [0.15, 0.2) is 0 Å². The number of piperidine rings is 2. The molecule has 4 aromatic rings. The van der Waals surface area contributed by atoms with E-state index in [-0.39, 0.29) is 18.3 Å². The molecule has 0 N–H and O–H groups in total. The van der Waals surface area contributed by atoms with Crippen LogP contribution in [0.3, 0.4) is 0 Å². The first-order valence-corrected chi connectivity index (χ1v) is 15.2. The second-order valence-electron chi connectivity index (χ2n) is 12.2. The maximum atomic E-state index is 13.6. The highest BCUT2D eigenvalue weighted by atomic mass is 35.5. The summed E-state index contributed by atoms with van der Waals surface area (Å²) in [6.45, 7) is 12.1. The second-order valence-corrected chi connectivity index (χ2v) is 12.2. The molecule has 0 saturated carbocycles. The van der Waals surface area contributed by atoms with Crippen molar-refractivity contribution in [2.75, 3.05) is 26.2 Å². The minimum absolute atomic E-state index is 0. The fourth-order valence-electron chi connectivity index (χ4n) is 7.19. The molecule has 2 fully saturated rings. The fraction of sp³-hybridized carbons (Fsp3) is 0.417. The van der Waals surface area contributed by atoms with Crippen LogP contribution in [0.5, 0.6) is 0 Å². The molecule has 5 heteroatoms. The summed E-state index contributed by atoms with van der Waals surface area (Å²) in [6.07, 6.45) is 4.59. The Labute approximate surface area is 251 Å². The lowest BCUT2D eigenvalue weighted by molar-refractivity contribution is -0.133. The third kappa shape index (κ3) is 6.10. The van der Waals surface area contributed by atoms with Gasteiger partial charge in [0.1, 0.15) is 6.54 Å². The normalized spacial score (nSPS) is 17.1. The first-order chi connectivity index (χ1) is 19.5. The molecule has 3 heterocycles. The molecular weight excluding hydrogens is 526 g/mol. The van der Waals surface area contributed by atoms with Crippen molar-refractivity contribution in [3.63, 3.8) is 0 Å². The number of benzene rings is 3. The van der Waals surface area contributed by atoms with Crippen LogP contribution in [0.4, 0.5) is 0 Å². The van der Waals surface area contributed by atoms with Gasteiger partial charge >= 0.3 is 0 Å². The number of amides is 1. The average Bonchev–Trinajstić information content (AvgIpc) is 3.27. The fourth-order valence-corrected chi connectivity index (χ4v) is 7.19. The van der Waals surface area contributed by atoms with Crippen molar-refractivity contribution in [1.82, 2.24) is 14.4 Å². The first kappa shape index (κ1) is 29.4. The summed E-state index contributed by atoms with van der Waals surface area (Å²) in [7, 11) is 0. The van der Waals surface area contributed by atoms with Gasteiger partial charge in [0.2, 0.25) is 5.91 Å². The summed E-state index contributed by atoms with van der Waals surface area (Å²) < 4.78 is 2.31. The minimum Gasteiger partial charge on any atom is -0.341 e. The van der Waals surface area contributed by atoms with E-state index >= 15 is 0 Å². The lowest BCUT2D eigenvalue weighted by atomic mass is 9.84. The highest BCUT2D eigenvalue weighted by Crippen LogP contribution is 2.37. The Morgan fingerprint density at radius 3 is 2.10 bits per heavy atom. The van der Waals surface area contributed by atoms with E-state index in [0.29, 0.717) is 18.4 Å². The van der Waals surface area contributed by atoms with Crippen molar-refractivity contribution >= 4 is 29.2 Å². The van der Waals surface area contributed by atoms with Crippen LogP contribution in [0.2, 0.25) is 0 Å². The number of carbonyl (C=O) groups is 1. The Morgan fingerprint density at radius 2 is 1.41 bits per heavy atom. The van der Waals surface area contributed by atoms with Crippen LogP contribution < -0.4 is 0 Å². The standard InChI is InChI=1S/C36H43N3O.ClH/c1-26-16-22-38(23-17-26)34(40)25-39-33-15-8-7-14-31(33)32(36(39)30-12-5-4-6-13-30)24-37-20-18-29(19-21-37)35-27(2)10-9-11-28(35)3;/h4-15,26,29H,16-25H2,1-3H3;1H. The number of aryl methyl sites for hydroxylation is 2. The quantitative estimate of drug-likeness (QED) is 0.235. The van der Waals surface area contributed by atoms with Crippen molar-refractivity contribution in [2.45, 2.75) is 65.5 Å². The smallest absolute Gasteiger partial charge is 0.242 e. The number of aromatic nitrogens is 1. The topological polar surface area (TPSA) is 28.5 Å². The van der Waals surface area contributed by atoms with E-state index in [1.807, 2.05) is 0 Å². The van der Waals surface area contributed by atoms with E-state index in [1.54, 1.807) is 5.56 Å². The molecule has 0 spiro atoms. The van der Waals surface area contributed by atoms with Crippen LogP contribution in [0.1, 0.15) is 60.8 Å². The maximum Gasteiger partial charge on any atom is 0.242 e. The molecule has 0 unspecified atom stereocenters. The average molecular weight is 570 g/mol. The number of fused-ring (bicyclic) bond motifs is 1. The molecule has 41 heavy (non-hydrogen) atoms. The summed E-state index contributed by atoms with van der Waals surface area (Å²) in [4.78, 5) is 18.3. The van der Waals surface area contributed by atoms with Gasteiger partial charge in [-0.1, -0.05) is 73.7 Å². The summed E-state index contributed by atoms with van der Waals surface area (Å²) in [5, 5.41) is 1.28. The molecule has 3 aromatic carbocycles. The third-order valence-corrected chi connectivity index (χ3v) is 9.47. The SMILES string of the molecule is Cc1cccc(C)c1C1CCN(Cc2c(-c3ccccc3)n(CC(=O)N3CCC(C)CC3)c3ccccc23)CC1.Cl. The van der Waals surface area contributed by atoms with Gasteiger partial charge in [0.25, 0.3) is 0 Å². The molecule has 2 saturated heterocycles. The zero-order chi connectivity index (χ0) is 27.6. The third-order valence-electron chi connectivity index (χ3n) is 9.47. The number of nitrogens with zero attached hydrogens (tertiary/aromatic N) is 3. The van der Waals surface area contributed by atoms with Gasteiger partial charge in [-0.25, -0.2) is 0 Å². The molecule has 6 rings (SSSR count). The largest absolute Gasteiger partial charge is 0.341 e. The van der Waals surface area contributed by atoms with Gasteiger partial charge in [-0.05, 0) is 98.3 Å². The molecule has 2 aliphatic rings. The molecule has 4 nitrogen and oxygen atoms in total. The van der Waals surface area contributed by atoms with Crippen LogP contribution in [-0.4, -0.2) is 46.5 Å². The predicted molar refractivity (Wildman–Crippen MR) is 173 cm³/mol. The van der Waals surface area contributed by atoms with Gasteiger partial charge in [0, 0.05) is 30.5 Å². The minimum atomic E-state index is 0. The van der Waals surface area contributed by atoms with E-state index in [4.69, 9.17) is 0 Å². The molecule has 0 bridgehead atoms. The van der Waals surface area contributed by atoms with Gasteiger partial charge in [-0.3, -0.25) is 9.69 Å².